The Morgan fingerprint density at radius 3 is 2.38 bits per heavy atom. The van der Waals surface area contributed by atoms with Crippen LogP contribution in [0.1, 0.15) is 30.5 Å². The predicted molar refractivity (Wildman–Crippen MR) is 109 cm³/mol. The Labute approximate surface area is 170 Å². The Bertz CT molecular complexity index is 933. The fourth-order valence-electron chi connectivity index (χ4n) is 3.56. The Morgan fingerprint density at radius 2 is 1.76 bits per heavy atom. The second-order valence-corrected chi connectivity index (χ2v) is 6.81. The van der Waals surface area contributed by atoms with Crippen LogP contribution in [0.25, 0.3) is 0 Å². The van der Waals surface area contributed by atoms with E-state index in [0.717, 1.165) is 16.9 Å². The summed E-state index contributed by atoms with van der Waals surface area (Å²) in [6, 6.07) is 14.2. The molecule has 0 bridgehead atoms. The van der Waals surface area contributed by atoms with Crippen molar-refractivity contribution in [3.05, 3.63) is 71.0 Å². The smallest absolute Gasteiger partial charge is 0.290 e. The van der Waals surface area contributed by atoms with Crippen LogP contribution in [0.15, 0.2) is 59.9 Å². The molecule has 1 N–H and O–H groups in total. The van der Waals surface area contributed by atoms with Crippen molar-refractivity contribution in [1.82, 2.24) is 4.90 Å². The van der Waals surface area contributed by atoms with Gasteiger partial charge < -0.3 is 19.5 Å². The van der Waals surface area contributed by atoms with Gasteiger partial charge in [0.25, 0.3) is 5.91 Å². The van der Waals surface area contributed by atoms with Gasteiger partial charge in [0, 0.05) is 13.0 Å². The predicted octanol–water partition coefficient (Wildman–Crippen LogP) is 3.62. The quantitative estimate of drug-likeness (QED) is 0.739. The molecule has 2 aromatic carbocycles. The molecule has 0 aliphatic carbocycles. The summed E-state index contributed by atoms with van der Waals surface area (Å²) < 4.78 is 10.5. The molecule has 0 fully saturated rings. The van der Waals surface area contributed by atoms with E-state index < -0.39 is 17.7 Å². The van der Waals surface area contributed by atoms with Crippen LogP contribution < -0.4 is 9.47 Å². The number of nitrogens with zero attached hydrogens (tertiary/aromatic N) is 1. The summed E-state index contributed by atoms with van der Waals surface area (Å²) >= 11 is 0. The minimum atomic E-state index is -0.636. The number of hydrogen-bond acceptors (Lipinski definition) is 5. The summed E-state index contributed by atoms with van der Waals surface area (Å²) in [7, 11) is 3.17. The maximum Gasteiger partial charge on any atom is 0.290 e. The van der Waals surface area contributed by atoms with Crippen LogP contribution in [0.3, 0.4) is 0 Å². The summed E-state index contributed by atoms with van der Waals surface area (Å²) in [6.45, 7) is 2.08. The van der Waals surface area contributed by atoms with Gasteiger partial charge in [0.05, 0.1) is 25.8 Å². The minimum Gasteiger partial charge on any atom is -0.503 e. The molecule has 1 amide bonds. The van der Waals surface area contributed by atoms with E-state index in [9.17, 15) is 14.7 Å². The van der Waals surface area contributed by atoms with E-state index >= 15 is 0 Å². The minimum absolute atomic E-state index is 0.153. The first-order valence-electron chi connectivity index (χ1n) is 9.54. The molecule has 1 atom stereocenters. The number of carbonyl (C=O) groups excluding carboxylic acids is 2. The summed E-state index contributed by atoms with van der Waals surface area (Å²) in [5.74, 6) is 0.160. The van der Waals surface area contributed by atoms with Gasteiger partial charge in [-0.3, -0.25) is 9.59 Å². The van der Waals surface area contributed by atoms with Gasteiger partial charge in [-0.1, -0.05) is 31.2 Å². The van der Waals surface area contributed by atoms with E-state index in [1.807, 2.05) is 36.4 Å². The maximum atomic E-state index is 12.8. The maximum absolute atomic E-state index is 12.8. The van der Waals surface area contributed by atoms with Crippen molar-refractivity contribution in [2.75, 3.05) is 20.8 Å². The van der Waals surface area contributed by atoms with Crippen LogP contribution in [0.2, 0.25) is 0 Å². The van der Waals surface area contributed by atoms with Crippen molar-refractivity contribution >= 4 is 11.7 Å². The number of amides is 1. The number of methoxy groups -OCH3 is 2. The molecular formula is C23H25NO5. The van der Waals surface area contributed by atoms with Crippen molar-refractivity contribution in [3.8, 4) is 11.5 Å². The summed E-state index contributed by atoms with van der Waals surface area (Å²) in [5, 5.41) is 10.5. The van der Waals surface area contributed by atoms with E-state index in [2.05, 4.69) is 0 Å². The molecule has 1 unspecified atom stereocenters. The molecule has 6 nitrogen and oxygen atoms in total. The normalized spacial score (nSPS) is 16.3. The molecule has 3 rings (SSSR count). The highest BCUT2D eigenvalue weighted by Gasteiger charge is 2.42. The van der Waals surface area contributed by atoms with Crippen LogP contribution in [-0.4, -0.2) is 42.5 Å². The zero-order chi connectivity index (χ0) is 21.0. The third-order valence-corrected chi connectivity index (χ3v) is 5.14. The lowest BCUT2D eigenvalue weighted by Gasteiger charge is -2.27. The molecular weight excluding hydrogens is 370 g/mol. The van der Waals surface area contributed by atoms with Gasteiger partial charge >= 0.3 is 0 Å². The van der Waals surface area contributed by atoms with Crippen molar-refractivity contribution in [1.29, 1.82) is 0 Å². The number of aliphatic hydroxyl groups excluding tert-OH is 1. The molecule has 1 heterocycles. The average molecular weight is 395 g/mol. The third-order valence-electron chi connectivity index (χ3n) is 5.14. The molecule has 0 spiro atoms. The molecule has 2 aromatic rings. The molecule has 0 aromatic heterocycles. The molecule has 152 valence electrons. The third kappa shape index (κ3) is 4.11. The standard InChI is InChI=1S/C23H25NO5/c1-4-19(25)20-21(16-6-5-7-18(14-16)29-3)24(23(27)22(20)26)13-12-15-8-10-17(28-2)11-9-15/h5-11,14,21,26H,4,12-13H2,1-3H3. The van der Waals surface area contributed by atoms with Gasteiger partial charge in [-0.15, -0.1) is 0 Å². The molecule has 0 saturated carbocycles. The average Bonchev–Trinajstić information content (AvgIpc) is 3.02. The van der Waals surface area contributed by atoms with Gasteiger partial charge in [0.1, 0.15) is 11.5 Å². The van der Waals surface area contributed by atoms with Gasteiger partial charge in [-0.25, -0.2) is 0 Å². The number of hydrogen-bond donors (Lipinski definition) is 1. The fraction of sp³-hybridized carbons (Fsp3) is 0.304. The molecule has 0 radical (unpaired) electrons. The number of Topliss-reactive ketones (excluding diaryl/α,β-unsaturated/α-hetero) is 1. The number of carbonyl (C=O) groups is 2. The molecule has 6 heteroatoms. The topological polar surface area (TPSA) is 76.1 Å². The first-order valence-corrected chi connectivity index (χ1v) is 9.54. The lowest BCUT2D eigenvalue weighted by Crippen LogP contribution is -2.33. The SMILES string of the molecule is CCC(=O)C1=C(O)C(=O)N(CCc2ccc(OC)cc2)C1c1cccc(OC)c1. The summed E-state index contributed by atoms with van der Waals surface area (Å²) in [4.78, 5) is 26.9. The first-order chi connectivity index (χ1) is 14.0. The Kier molecular flexibility index (Phi) is 6.22. The second-order valence-electron chi connectivity index (χ2n) is 6.81. The van der Waals surface area contributed by atoms with Gasteiger partial charge in [-0.05, 0) is 41.8 Å². The van der Waals surface area contributed by atoms with E-state index in [1.54, 1.807) is 38.2 Å². The van der Waals surface area contributed by atoms with Crippen molar-refractivity contribution in [2.45, 2.75) is 25.8 Å². The van der Waals surface area contributed by atoms with Crippen LogP contribution in [0, 0.1) is 0 Å². The molecule has 0 saturated heterocycles. The largest absolute Gasteiger partial charge is 0.503 e. The highest BCUT2D eigenvalue weighted by Crippen LogP contribution is 2.39. The number of ketones is 1. The molecule has 1 aliphatic heterocycles. The zero-order valence-corrected chi connectivity index (χ0v) is 16.8. The van der Waals surface area contributed by atoms with Crippen molar-refractivity contribution < 1.29 is 24.2 Å². The highest BCUT2D eigenvalue weighted by atomic mass is 16.5. The monoisotopic (exact) mass is 395 g/mol. The van der Waals surface area contributed by atoms with Crippen LogP contribution in [0.5, 0.6) is 11.5 Å². The van der Waals surface area contributed by atoms with Crippen LogP contribution in [-0.2, 0) is 16.0 Å². The first kappa shape index (κ1) is 20.5. The van der Waals surface area contributed by atoms with E-state index in [1.165, 1.54) is 0 Å². The van der Waals surface area contributed by atoms with Crippen molar-refractivity contribution in [3.63, 3.8) is 0 Å². The van der Waals surface area contributed by atoms with Gasteiger partial charge in [-0.2, -0.15) is 0 Å². The highest BCUT2D eigenvalue weighted by molar-refractivity contribution is 6.08. The lowest BCUT2D eigenvalue weighted by molar-refractivity contribution is -0.129. The fourth-order valence-corrected chi connectivity index (χ4v) is 3.56. The van der Waals surface area contributed by atoms with Crippen molar-refractivity contribution in [2.24, 2.45) is 0 Å². The molecule has 1 aliphatic rings. The number of ether oxygens (including phenoxy) is 2. The van der Waals surface area contributed by atoms with Crippen LogP contribution >= 0.6 is 0 Å². The Morgan fingerprint density at radius 1 is 1.07 bits per heavy atom. The van der Waals surface area contributed by atoms with E-state index in [0.29, 0.717) is 18.7 Å². The molecule has 29 heavy (non-hydrogen) atoms. The van der Waals surface area contributed by atoms with E-state index in [4.69, 9.17) is 9.47 Å². The second kappa shape index (κ2) is 8.82. The van der Waals surface area contributed by atoms with E-state index in [-0.39, 0.29) is 17.8 Å². The zero-order valence-electron chi connectivity index (χ0n) is 16.8. The number of aliphatic hydroxyl groups is 1. The lowest BCUT2D eigenvalue weighted by atomic mass is 9.94. The van der Waals surface area contributed by atoms with Gasteiger partial charge in [0.2, 0.25) is 0 Å². The summed E-state index contributed by atoms with van der Waals surface area (Å²) in [5.41, 5.74) is 1.91. The Balaban J connectivity index is 1.92. The number of rotatable bonds is 8. The van der Waals surface area contributed by atoms with Gasteiger partial charge in [0.15, 0.2) is 11.5 Å². The number of benzene rings is 2. The van der Waals surface area contributed by atoms with Crippen LogP contribution in [0.4, 0.5) is 0 Å². The summed E-state index contributed by atoms with van der Waals surface area (Å²) in [6.07, 6.45) is 0.788. The Hall–Kier alpha value is -3.28.